The quantitative estimate of drug-likeness (QED) is 0.872. The fourth-order valence-corrected chi connectivity index (χ4v) is 2.61. The normalized spacial score (nSPS) is 20.7. The van der Waals surface area contributed by atoms with E-state index in [0.717, 1.165) is 35.4 Å². The molecule has 1 unspecified atom stereocenters. The van der Waals surface area contributed by atoms with E-state index in [1.54, 1.807) is 0 Å². The van der Waals surface area contributed by atoms with Crippen molar-refractivity contribution in [3.63, 3.8) is 0 Å². The summed E-state index contributed by atoms with van der Waals surface area (Å²) in [6, 6.07) is 5.76. The van der Waals surface area contributed by atoms with Crippen molar-refractivity contribution in [2.24, 2.45) is 0 Å². The van der Waals surface area contributed by atoms with Gasteiger partial charge in [-0.25, -0.2) is 0 Å². The number of hydrogen-bond acceptors (Lipinski definition) is 3. The molecule has 2 rings (SSSR count). The van der Waals surface area contributed by atoms with Crippen molar-refractivity contribution in [2.45, 2.75) is 13.0 Å². The smallest absolute Gasteiger partial charge is 0.242 e. The van der Waals surface area contributed by atoms with E-state index in [1.165, 1.54) is 0 Å². The van der Waals surface area contributed by atoms with Crippen molar-refractivity contribution < 1.29 is 4.79 Å². The van der Waals surface area contributed by atoms with Crippen LogP contribution in [0, 0.1) is 6.92 Å². The molecule has 0 aliphatic carbocycles. The number of aryl methyl sites for hydroxylation is 1. The summed E-state index contributed by atoms with van der Waals surface area (Å²) >= 11 is 3.47. The third kappa shape index (κ3) is 3.31. The Labute approximate surface area is 116 Å². The molecular formula is C13H18BrN3O. The maximum Gasteiger partial charge on any atom is 0.242 e. The Morgan fingerprint density at radius 1 is 1.56 bits per heavy atom. The average Bonchev–Trinajstić information content (AvgIpc) is 2.32. The summed E-state index contributed by atoms with van der Waals surface area (Å²) in [5.41, 5.74) is 1.98. The molecule has 1 aliphatic rings. The molecule has 1 aromatic rings. The predicted molar refractivity (Wildman–Crippen MR) is 76.8 cm³/mol. The number of hydrogen-bond donors (Lipinski definition) is 2. The molecule has 0 saturated carbocycles. The van der Waals surface area contributed by atoms with Crippen LogP contribution in [0.4, 0.5) is 5.69 Å². The molecule has 4 nitrogen and oxygen atoms in total. The van der Waals surface area contributed by atoms with Gasteiger partial charge >= 0.3 is 0 Å². The number of halogens is 1. The van der Waals surface area contributed by atoms with Crippen molar-refractivity contribution in [3.05, 3.63) is 28.2 Å². The monoisotopic (exact) mass is 311 g/mol. The molecule has 0 spiro atoms. The van der Waals surface area contributed by atoms with E-state index in [4.69, 9.17) is 0 Å². The number of piperazine rings is 1. The van der Waals surface area contributed by atoms with E-state index < -0.39 is 0 Å². The zero-order valence-corrected chi connectivity index (χ0v) is 12.3. The topological polar surface area (TPSA) is 44.4 Å². The third-order valence-electron chi connectivity index (χ3n) is 3.08. The largest absolute Gasteiger partial charge is 0.324 e. The fraction of sp³-hybridized carbons (Fsp3) is 0.462. The molecule has 1 saturated heterocycles. The van der Waals surface area contributed by atoms with Gasteiger partial charge in [0.25, 0.3) is 0 Å². The summed E-state index contributed by atoms with van der Waals surface area (Å²) in [6.07, 6.45) is 0. The summed E-state index contributed by atoms with van der Waals surface area (Å²) in [6.45, 7) is 4.60. The second-order valence-electron chi connectivity index (χ2n) is 4.74. The minimum atomic E-state index is -0.142. The lowest BCUT2D eigenvalue weighted by atomic mass is 10.2. The fourth-order valence-electron chi connectivity index (χ4n) is 2.01. The van der Waals surface area contributed by atoms with Crippen LogP contribution < -0.4 is 10.6 Å². The second-order valence-corrected chi connectivity index (χ2v) is 5.60. The van der Waals surface area contributed by atoms with E-state index in [2.05, 4.69) is 31.5 Å². The van der Waals surface area contributed by atoms with Crippen molar-refractivity contribution in [3.8, 4) is 0 Å². The standard InChI is InChI=1S/C13H18BrN3O/c1-9-3-4-11(10(14)7-9)16-13(18)12-8-17(2)6-5-15-12/h3-4,7,12,15H,5-6,8H2,1-2H3,(H,16,18). The highest BCUT2D eigenvalue weighted by molar-refractivity contribution is 9.10. The molecule has 98 valence electrons. The number of nitrogens with one attached hydrogen (secondary N) is 2. The molecule has 1 heterocycles. The maximum absolute atomic E-state index is 12.1. The van der Waals surface area contributed by atoms with Crippen LogP contribution in [0.2, 0.25) is 0 Å². The molecule has 0 bridgehead atoms. The Hall–Kier alpha value is -0.910. The first-order valence-electron chi connectivity index (χ1n) is 6.05. The van der Waals surface area contributed by atoms with E-state index in [-0.39, 0.29) is 11.9 Å². The van der Waals surface area contributed by atoms with Crippen molar-refractivity contribution >= 4 is 27.5 Å². The van der Waals surface area contributed by atoms with Gasteiger partial charge in [-0.2, -0.15) is 0 Å². The number of carbonyl (C=O) groups excluding carboxylic acids is 1. The van der Waals surface area contributed by atoms with Gasteiger partial charge in [0.1, 0.15) is 0 Å². The SMILES string of the molecule is Cc1ccc(NC(=O)C2CN(C)CCN2)c(Br)c1. The van der Waals surface area contributed by atoms with Crippen molar-refractivity contribution in [2.75, 3.05) is 32.0 Å². The molecule has 2 N–H and O–H groups in total. The maximum atomic E-state index is 12.1. The van der Waals surface area contributed by atoms with E-state index >= 15 is 0 Å². The van der Waals surface area contributed by atoms with Gasteiger partial charge in [-0.15, -0.1) is 0 Å². The lowest BCUT2D eigenvalue weighted by Crippen LogP contribution is -2.54. The lowest BCUT2D eigenvalue weighted by Gasteiger charge is -2.30. The van der Waals surface area contributed by atoms with Gasteiger partial charge in [-0.3, -0.25) is 4.79 Å². The molecular weight excluding hydrogens is 294 g/mol. The van der Waals surface area contributed by atoms with Gasteiger partial charge in [-0.05, 0) is 47.6 Å². The molecule has 18 heavy (non-hydrogen) atoms. The van der Waals surface area contributed by atoms with Crippen LogP contribution >= 0.6 is 15.9 Å². The molecule has 0 aromatic heterocycles. The summed E-state index contributed by atoms with van der Waals surface area (Å²) in [5.74, 6) is 0.0195. The van der Waals surface area contributed by atoms with E-state index in [1.807, 2.05) is 32.2 Å². The summed E-state index contributed by atoms with van der Waals surface area (Å²) in [4.78, 5) is 14.3. The van der Waals surface area contributed by atoms with Crippen LogP contribution in [0.5, 0.6) is 0 Å². The number of likely N-dealkylation sites (N-methyl/N-ethyl adjacent to an activating group) is 1. The molecule has 1 amide bonds. The Morgan fingerprint density at radius 3 is 3.00 bits per heavy atom. The average molecular weight is 312 g/mol. The zero-order chi connectivity index (χ0) is 13.1. The van der Waals surface area contributed by atoms with Gasteiger partial charge in [0.05, 0.1) is 11.7 Å². The van der Waals surface area contributed by atoms with Gasteiger partial charge < -0.3 is 15.5 Å². The van der Waals surface area contributed by atoms with E-state index in [9.17, 15) is 4.79 Å². The lowest BCUT2D eigenvalue weighted by molar-refractivity contribution is -0.119. The Balaban J connectivity index is 2.02. The van der Waals surface area contributed by atoms with Crippen LogP contribution in [0.3, 0.4) is 0 Å². The molecule has 0 radical (unpaired) electrons. The van der Waals surface area contributed by atoms with Gasteiger partial charge in [0.2, 0.25) is 5.91 Å². The highest BCUT2D eigenvalue weighted by Gasteiger charge is 2.23. The van der Waals surface area contributed by atoms with Gasteiger partial charge in [-0.1, -0.05) is 6.07 Å². The summed E-state index contributed by atoms with van der Waals surface area (Å²) in [7, 11) is 2.03. The first-order valence-corrected chi connectivity index (χ1v) is 6.84. The van der Waals surface area contributed by atoms with Crippen LogP contribution in [0.15, 0.2) is 22.7 Å². The Bertz CT molecular complexity index is 450. The van der Waals surface area contributed by atoms with Crippen LogP contribution in [0.1, 0.15) is 5.56 Å². The van der Waals surface area contributed by atoms with Gasteiger partial charge in [0.15, 0.2) is 0 Å². The molecule has 1 fully saturated rings. The minimum absolute atomic E-state index is 0.0195. The minimum Gasteiger partial charge on any atom is -0.324 e. The second kappa shape index (κ2) is 5.82. The molecule has 1 aliphatic heterocycles. The zero-order valence-electron chi connectivity index (χ0n) is 10.7. The highest BCUT2D eigenvalue weighted by Crippen LogP contribution is 2.23. The Morgan fingerprint density at radius 2 is 2.33 bits per heavy atom. The molecule has 1 atom stereocenters. The van der Waals surface area contributed by atoms with Crippen LogP contribution in [0.25, 0.3) is 0 Å². The summed E-state index contributed by atoms with van der Waals surface area (Å²) < 4.78 is 0.917. The van der Waals surface area contributed by atoms with Crippen molar-refractivity contribution in [1.29, 1.82) is 0 Å². The third-order valence-corrected chi connectivity index (χ3v) is 3.73. The van der Waals surface area contributed by atoms with Gasteiger partial charge in [0, 0.05) is 24.1 Å². The van der Waals surface area contributed by atoms with Crippen LogP contribution in [-0.2, 0) is 4.79 Å². The molecule has 5 heteroatoms. The number of nitrogens with zero attached hydrogens (tertiary/aromatic N) is 1. The number of benzene rings is 1. The number of rotatable bonds is 2. The predicted octanol–water partition coefficient (Wildman–Crippen LogP) is 1.60. The number of amides is 1. The van der Waals surface area contributed by atoms with Crippen LogP contribution in [-0.4, -0.2) is 43.5 Å². The van der Waals surface area contributed by atoms with Crippen molar-refractivity contribution in [1.82, 2.24) is 10.2 Å². The number of anilines is 1. The Kier molecular flexibility index (Phi) is 4.37. The van der Waals surface area contributed by atoms with E-state index in [0.29, 0.717) is 0 Å². The summed E-state index contributed by atoms with van der Waals surface area (Å²) in [5, 5.41) is 6.18. The number of carbonyl (C=O) groups is 1. The molecule has 1 aromatic carbocycles. The first kappa shape index (κ1) is 13.5. The highest BCUT2D eigenvalue weighted by atomic mass is 79.9. The first-order chi connectivity index (χ1) is 8.56.